The van der Waals surface area contributed by atoms with E-state index in [9.17, 15) is 14.4 Å². The monoisotopic (exact) mass is 681 g/mol. The van der Waals surface area contributed by atoms with Gasteiger partial charge in [0.2, 0.25) is 6.79 Å². The number of hydrogen-bond donors (Lipinski definition) is 0. The lowest BCUT2D eigenvalue weighted by Crippen LogP contribution is -2.46. The van der Waals surface area contributed by atoms with Gasteiger partial charge in [0.15, 0.2) is 23.0 Å². The van der Waals surface area contributed by atoms with E-state index in [-0.39, 0.29) is 56.5 Å². The van der Waals surface area contributed by atoms with Crippen LogP contribution in [0.5, 0.6) is 23.0 Å². The highest BCUT2D eigenvalue weighted by molar-refractivity contribution is 5.99. The topological polar surface area (TPSA) is 147 Å². The summed E-state index contributed by atoms with van der Waals surface area (Å²) in [5.41, 5.74) is 1.72. The molecule has 1 aromatic heterocycles. The molecule has 0 bridgehead atoms. The molecule has 1 aliphatic heterocycles. The number of carbonyl (C=O) groups excluding carboxylic acids is 3. The normalized spacial score (nSPS) is 19.7. The van der Waals surface area contributed by atoms with E-state index in [2.05, 4.69) is 4.98 Å². The van der Waals surface area contributed by atoms with Crippen molar-refractivity contribution in [2.45, 2.75) is 58.2 Å². The highest BCUT2D eigenvalue weighted by atomic mass is 16.7. The van der Waals surface area contributed by atoms with Crippen LogP contribution in [-0.4, -0.2) is 82.4 Å². The van der Waals surface area contributed by atoms with E-state index < -0.39 is 48.7 Å². The van der Waals surface area contributed by atoms with Gasteiger partial charge in [-0.25, -0.2) is 4.98 Å². The second-order valence-electron chi connectivity index (χ2n) is 11.2. The molecular formula is C36H43NO12. The van der Waals surface area contributed by atoms with E-state index in [0.29, 0.717) is 5.75 Å². The van der Waals surface area contributed by atoms with Crippen molar-refractivity contribution in [3.63, 3.8) is 0 Å². The minimum absolute atomic E-state index is 0.00190. The van der Waals surface area contributed by atoms with Gasteiger partial charge in [0.05, 0.1) is 47.1 Å². The minimum atomic E-state index is -0.858. The molecule has 0 N–H and O–H groups in total. The Balaban J connectivity index is 1.50. The van der Waals surface area contributed by atoms with Gasteiger partial charge in [0.1, 0.15) is 29.8 Å². The first kappa shape index (κ1) is 37.1. The highest BCUT2D eigenvalue weighted by Crippen LogP contribution is 2.32. The van der Waals surface area contributed by atoms with Crippen molar-refractivity contribution in [1.82, 2.24) is 4.98 Å². The Bertz CT molecular complexity index is 1510. The predicted octanol–water partition coefficient (Wildman–Crippen LogP) is 4.72. The van der Waals surface area contributed by atoms with E-state index >= 15 is 0 Å². The first-order valence-electron chi connectivity index (χ1n) is 15.8. The van der Waals surface area contributed by atoms with Crippen molar-refractivity contribution in [2.24, 2.45) is 5.92 Å². The molecule has 0 unspecified atom stereocenters. The molecule has 1 saturated heterocycles. The number of ketones is 1. The van der Waals surface area contributed by atoms with Gasteiger partial charge in [-0.1, -0.05) is 24.3 Å². The molecule has 0 radical (unpaired) electrons. The van der Waals surface area contributed by atoms with Crippen molar-refractivity contribution < 1.29 is 57.0 Å². The smallest absolute Gasteiger partial charge is 0.309 e. The van der Waals surface area contributed by atoms with Gasteiger partial charge in [0, 0.05) is 32.2 Å². The van der Waals surface area contributed by atoms with E-state index in [1.807, 2.05) is 48.5 Å². The number of esters is 2. The number of carbonyl (C=O) groups is 3. The number of aromatic nitrogens is 1. The summed E-state index contributed by atoms with van der Waals surface area (Å²) in [4.78, 5) is 42.6. The van der Waals surface area contributed by atoms with Crippen LogP contribution in [0.4, 0.5) is 0 Å². The Morgan fingerprint density at radius 1 is 0.878 bits per heavy atom. The number of rotatable bonds is 15. The molecule has 0 aliphatic carbocycles. The van der Waals surface area contributed by atoms with Crippen molar-refractivity contribution >= 4 is 17.7 Å². The predicted molar refractivity (Wildman–Crippen MR) is 175 cm³/mol. The van der Waals surface area contributed by atoms with Crippen molar-refractivity contribution in [3.05, 3.63) is 77.6 Å². The average Bonchev–Trinajstić information content (AvgIpc) is 3.11. The first-order valence-corrected chi connectivity index (χ1v) is 15.8. The van der Waals surface area contributed by atoms with Gasteiger partial charge < -0.3 is 42.6 Å². The standard InChI is InChI=1S/C36H43NO12/c1-23-34(46-20-26-8-12-29(42-4)13-9-26)32(45-19-25-6-10-28(41-3)11-7-25)21-44-17-15-27(36(40)49-23)18-30(39)33-35(48-22-47-24(2)38)31(43-5)14-16-37-33/h6-14,16,23,27,32,34H,15,17-22H2,1-5H3/t23-,27+,32-,34-/m0/s1. The number of methoxy groups -OCH3 is 3. The van der Waals surface area contributed by atoms with E-state index in [1.165, 1.54) is 26.3 Å². The van der Waals surface area contributed by atoms with Crippen LogP contribution >= 0.6 is 0 Å². The third kappa shape index (κ3) is 10.9. The fourth-order valence-electron chi connectivity index (χ4n) is 5.12. The number of nitrogens with zero attached hydrogens (tertiary/aromatic N) is 1. The zero-order chi connectivity index (χ0) is 35.2. The maximum Gasteiger partial charge on any atom is 0.309 e. The van der Waals surface area contributed by atoms with Crippen molar-refractivity contribution in [3.8, 4) is 23.0 Å². The summed E-state index contributed by atoms with van der Waals surface area (Å²) in [6.07, 6.45) is -0.748. The number of pyridine rings is 1. The molecule has 0 spiro atoms. The van der Waals surface area contributed by atoms with Crippen LogP contribution in [0.3, 0.4) is 0 Å². The number of Topliss-reactive ketones (excluding diaryl/α,β-unsaturated/α-hetero) is 1. The Kier molecular flexibility index (Phi) is 14.2. The summed E-state index contributed by atoms with van der Waals surface area (Å²) in [5, 5.41) is 0. The van der Waals surface area contributed by atoms with Gasteiger partial charge >= 0.3 is 11.9 Å². The van der Waals surface area contributed by atoms with Gasteiger partial charge in [-0.2, -0.15) is 0 Å². The molecule has 0 saturated carbocycles. The molecule has 3 aromatic rings. The Hall–Kier alpha value is -4.72. The second kappa shape index (κ2) is 18.7. The van der Waals surface area contributed by atoms with Crippen molar-refractivity contribution in [1.29, 1.82) is 0 Å². The average molecular weight is 682 g/mol. The zero-order valence-corrected chi connectivity index (χ0v) is 28.4. The summed E-state index contributed by atoms with van der Waals surface area (Å²) in [6.45, 7) is 3.27. The molecule has 2 heterocycles. The number of ether oxygens (including phenoxy) is 9. The van der Waals surface area contributed by atoms with Gasteiger partial charge in [0.25, 0.3) is 0 Å². The SMILES string of the molecule is COc1ccc(CO[C@H]2[C@H](C)OC(=O)[C@@H](CC(=O)c3nccc(OC)c3OCOC(C)=O)CCOC[C@@H]2OCc2ccc(OC)cc2)cc1. The molecule has 2 aromatic carbocycles. The molecule has 4 atom stereocenters. The number of hydrogen-bond acceptors (Lipinski definition) is 13. The Labute approximate surface area is 285 Å². The van der Waals surface area contributed by atoms with Crippen LogP contribution in [0.15, 0.2) is 60.8 Å². The molecule has 264 valence electrons. The third-order valence-electron chi connectivity index (χ3n) is 7.83. The van der Waals surface area contributed by atoms with Crippen LogP contribution in [0.1, 0.15) is 48.3 Å². The summed E-state index contributed by atoms with van der Waals surface area (Å²) in [7, 11) is 4.60. The summed E-state index contributed by atoms with van der Waals surface area (Å²) < 4.78 is 51.0. The van der Waals surface area contributed by atoms with Crippen LogP contribution < -0.4 is 18.9 Å². The first-order chi connectivity index (χ1) is 23.7. The summed E-state index contributed by atoms with van der Waals surface area (Å²) in [6, 6.07) is 16.5. The lowest BCUT2D eigenvalue weighted by atomic mass is 9.96. The highest BCUT2D eigenvalue weighted by Gasteiger charge is 2.36. The zero-order valence-electron chi connectivity index (χ0n) is 28.4. The maximum absolute atomic E-state index is 13.6. The van der Waals surface area contributed by atoms with Gasteiger partial charge in [-0.15, -0.1) is 0 Å². The van der Waals surface area contributed by atoms with Gasteiger partial charge in [-0.3, -0.25) is 14.4 Å². The number of benzene rings is 2. The van der Waals surface area contributed by atoms with Crippen LogP contribution in [0, 0.1) is 5.92 Å². The molecule has 13 heteroatoms. The lowest BCUT2D eigenvalue weighted by Gasteiger charge is -2.33. The van der Waals surface area contributed by atoms with Crippen LogP contribution in [0.2, 0.25) is 0 Å². The van der Waals surface area contributed by atoms with Gasteiger partial charge in [-0.05, 0) is 48.7 Å². The largest absolute Gasteiger partial charge is 0.497 e. The van der Waals surface area contributed by atoms with E-state index in [4.69, 9.17) is 42.6 Å². The van der Waals surface area contributed by atoms with Crippen molar-refractivity contribution in [2.75, 3.05) is 41.3 Å². The molecule has 1 aliphatic rings. The third-order valence-corrected chi connectivity index (χ3v) is 7.83. The molecule has 13 nitrogen and oxygen atoms in total. The summed E-state index contributed by atoms with van der Waals surface area (Å²) in [5.74, 6) is -0.844. The lowest BCUT2D eigenvalue weighted by molar-refractivity contribution is -0.184. The molecule has 49 heavy (non-hydrogen) atoms. The minimum Gasteiger partial charge on any atom is -0.497 e. The van der Waals surface area contributed by atoms with E-state index in [0.717, 1.165) is 16.9 Å². The Morgan fingerprint density at radius 2 is 1.51 bits per heavy atom. The van der Waals surface area contributed by atoms with E-state index in [1.54, 1.807) is 21.1 Å². The Morgan fingerprint density at radius 3 is 2.10 bits per heavy atom. The molecule has 0 amide bonds. The van der Waals surface area contributed by atoms with Crippen LogP contribution in [0.25, 0.3) is 0 Å². The maximum atomic E-state index is 13.6. The molecule has 1 fully saturated rings. The quantitative estimate of drug-likeness (QED) is 0.124. The fourth-order valence-corrected chi connectivity index (χ4v) is 5.12. The number of cyclic esters (lactones) is 1. The van der Waals surface area contributed by atoms with Crippen LogP contribution in [-0.2, 0) is 46.5 Å². The molecule has 4 rings (SSSR count). The fraction of sp³-hybridized carbons (Fsp3) is 0.444. The second-order valence-corrected chi connectivity index (χ2v) is 11.2. The molecular weight excluding hydrogens is 638 g/mol. The summed E-state index contributed by atoms with van der Waals surface area (Å²) >= 11 is 0.